The van der Waals surface area contributed by atoms with E-state index in [4.69, 9.17) is 10.5 Å². The van der Waals surface area contributed by atoms with Gasteiger partial charge in [0, 0.05) is 5.56 Å². The molecule has 0 fully saturated rings. The Hall–Kier alpha value is -1.51. The first-order valence-corrected chi connectivity index (χ1v) is 7.20. The molecule has 3 rings (SSSR count). The molecule has 0 unspecified atom stereocenters. The van der Waals surface area contributed by atoms with Crippen LogP contribution in [0.3, 0.4) is 0 Å². The fraction of sp³-hybridized carbons (Fsp3) is 0.333. The Bertz CT molecular complexity index is 514. The molecule has 1 aliphatic heterocycles. The minimum absolute atomic E-state index is 0. The Morgan fingerprint density at radius 3 is 2.10 bits per heavy atom. The van der Waals surface area contributed by atoms with Gasteiger partial charge in [0.05, 0.1) is 0 Å². The Balaban J connectivity index is 0.000000213. The van der Waals surface area contributed by atoms with Crippen molar-refractivity contribution in [2.75, 3.05) is 6.54 Å². The molecule has 0 aromatic heterocycles. The van der Waals surface area contributed by atoms with Gasteiger partial charge in [-0.2, -0.15) is 0 Å². The molecule has 0 atom stereocenters. The summed E-state index contributed by atoms with van der Waals surface area (Å²) in [5.41, 5.74) is 9.52. The van der Waals surface area contributed by atoms with Gasteiger partial charge < -0.3 is 10.5 Å². The van der Waals surface area contributed by atoms with Crippen LogP contribution in [0.1, 0.15) is 36.5 Å². The van der Waals surface area contributed by atoms with E-state index in [1.165, 1.54) is 16.7 Å². The third-order valence-corrected chi connectivity index (χ3v) is 3.44. The summed E-state index contributed by atoms with van der Waals surface area (Å²) < 4.78 is 5.08. The zero-order valence-electron chi connectivity index (χ0n) is 12.7. The highest BCUT2D eigenvalue weighted by Gasteiger charge is 2.10. The molecule has 114 valence electrons. The van der Waals surface area contributed by atoms with Crippen molar-refractivity contribution in [1.82, 2.24) is 0 Å². The van der Waals surface area contributed by atoms with Gasteiger partial charge in [0.15, 0.2) is 0 Å². The van der Waals surface area contributed by atoms with E-state index >= 15 is 0 Å². The Morgan fingerprint density at radius 2 is 1.71 bits per heavy atom. The van der Waals surface area contributed by atoms with E-state index in [1.807, 2.05) is 18.2 Å². The number of halogens is 1. The number of para-hydroxylation sites is 1. The van der Waals surface area contributed by atoms with E-state index in [2.05, 4.69) is 44.2 Å². The predicted molar refractivity (Wildman–Crippen MR) is 91.3 cm³/mol. The van der Waals surface area contributed by atoms with E-state index in [-0.39, 0.29) is 12.4 Å². The van der Waals surface area contributed by atoms with Crippen molar-refractivity contribution in [3.8, 4) is 5.75 Å². The lowest BCUT2D eigenvalue weighted by Gasteiger charge is -2.18. The molecule has 0 aliphatic carbocycles. The second-order valence-corrected chi connectivity index (χ2v) is 5.33. The third-order valence-electron chi connectivity index (χ3n) is 3.44. The normalized spacial score (nSPS) is 11.2. The van der Waals surface area contributed by atoms with Gasteiger partial charge in [-0.15, -0.1) is 12.4 Å². The number of benzene rings is 2. The first-order valence-electron chi connectivity index (χ1n) is 7.20. The van der Waals surface area contributed by atoms with Gasteiger partial charge in [0.25, 0.3) is 0 Å². The van der Waals surface area contributed by atoms with E-state index in [1.54, 1.807) is 0 Å². The van der Waals surface area contributed by atoms with Crippen molar-refractivity contribution in [1.29, 1.82) is 0 Å². The number of ether oxygens (including phenoxy) is 1. The molecular weight excluding hydrogens is 282 g/mol. The van der Waals surface area contributed by atoms with Gasteiger partial charge in [-0.3, -0.25) is 0 Å². The fourth-order valence-electron chi connectivity index (χ4n) is 2.07. The maximum atomic E-state index is 5.46. The van der Waals surface area contributed by atoms with Crippen molar-refractivity contribution in [2.24, 2.45) is 5.73 Å². The highest BCUT2D eigenvalue weighted by Crippen LogP contribution is 2.27. The first kappa shape index (κ1) is 17.5. The summed E-state index contributed by atoms with van der Waals surface area (Å²) in [5, 5.41) is 0. The Labute approximate surface area is 133 Å². The van der Waals surface area contributed by atoms with Crippen LogP contribution >= 0.6 is 12.4 Å². The van der Waals surface area contributed by atoms with Crippen LogP contribution in [0.4, 0.5) is 0 Å². The Kier molecular flexibility index (Phi) is 7.27. The number of fused-ring (bicyclic) bond motifs is 1. The number of nitrogens with two attached hydrogens (primary N) is 1. The zero-order chi connectivity index (χ0) is 14.4. The molecule has 0 saturated heterocycles. The van der Waals surface area contributed by atoms with Crippen LogP contribution in [-0.2, 0) is 13.0 Å². The van der Waals surface area contributed by atoms with Gasteiger partial charge in [-0.1, -0.05) is 56.3 Å². The molecular formula is C18H24ClNO. The average molecular weight is 306 g/mol. The first-order chi connectivity index (χ1) is 9.70. The monoisotopic (exact) mass is 305 g/mol. The van der Waals surface area contributed by atoms with Crippen molar-refractivity contribution in [3.05, 3.63) is 65.2 Å². The fourth-order valence-corrected chi connectivity index (χ4v) is 2.07. The maximum Gasteiger partial charge on any atom is 0.126 e. The van der Waals surface area contributed by atoms with Gasteiger partial charge in [0.2, 0.25) is 0 Å². The highest BCUT2D eigenvalue weighted by molar-refractivity contribution is 5.85. The summed E-state index contributed by atoms with van der Waals surface area (Å²) in [5.74, 6) is 1.67. The lowest BCUT2D eigenvalue weighted by molar-refractivity contribution is 0.243. The molecule has 0 saturated carbocycles. The molecule has 2 nitrogen and oxygen atoms in total. The van der Waals surface area contributed by atoms with Crippen LogP contribution < -0.4 is 10.5 Å². The van der Waals surface area contributed by atoms with Crippen molar-refractivity contribution in [2.45, 2.75) is 32.8 Å². The van der Waals surface area contributed by atoms with E-state index in [9.17, 15) is 0 Å². The lowest BCUT2D eigenvalue weighted by atomic mass is 10.0. The summed E-state index contributed by atoms with van der Waals surface area (Å²) in [6, 6.07) is 16.8. The minimum Gasteiger partial charge on any atom is -0.488 e. The summed E-state index contributed by atoms with van der Waals surface area (Å²) in [4.78, 5) is 0. The summed E-state index contributed by atoms with van der Waals surface area (Å²) in [6.07, 6.45) is 0.984. The summed E-state index contributed by atoms with van der Waals surface area (Å²) in [7, 11) is 0. The molecule has 1 aliphatic rings. The van der Waals surface area contributed by atoms with Gasteiger partial charge in [-0.05, 0) is 36.1 Å². The zero-order valence-corrected chi connectivity index (χ0v) is 13.5. The van der Waals surface area contributed by atoms with Crippen LogP contribution in [0.15, 0.2) is 48.5 Å². The highest BCUT2D eigenvalue weighted by atomic mass is 35.5. The average Bonchev–Trinajstić information content (AvgIpc) is 2.42. The molecule has 2 aromatic rings. The van der Waals surface area contributed by atoms with Gasteiger partial charge in [0.1, 0.15) is 12.4 Å². The van der Waals surface area contributed by atoms with E-state index < -0.39 is 0 Å². The number of hydrogen-bond donors (Lipinski definition) is 1. The third kappa shape index (κ3) is 5.07. The van der Waals surface area contributed by atoms with Crippen molar-refractivity contribution < 1.29 is 4.74 Å². The SMILES string of the molecule is CC(C)c1ccc(CCN)cc1.Cl.c1ccc2c(c1)CO2. The van der Waals surface area contributed by atoms with Crippen LogP contribution in [0.25, 0.3) is 0 Å². The molecule has 0 radical (unpaired) electrons. The molecule has 2 N–H and O–H groups in total. The number of hydrogen-bond acceptors (Lipinski definition) is 2. The van der Waals surface area contributed by atoms with Crippen LogP contribution in [-0.4, -0.2) is 6.54 Å². The molecule has 1 heterocycles. The largest absolute Gasteiger partial charge is 0.488 e. The second kappa shape index (κ2) is 8.71. The van der Waals surface area contributed by atoms with Gasteiger partial charge >= 0.3 is 0 Å². The summed E-state index contributed by atoms with van der Waals surface area (Å²) >= 11 is 0. The minimum atomic E-state index is 0. The molecule has 0 bridgehead atoms. The van der Waals surface area contributed by atoms with Gasteiger partial charge in [-0.25, -0.2) is 0 Å². The maximum absolute atomic E-state index is 5.46. The van der Waals surface area contributed by atoms with Crippen LogP contribution in [0, 0.1) is 0 Å². The molecule has 0 spiro atoms. The van der Waals surface area contributed by atoms with Crippen LogP contribution in [0.5, 0.6) is 5.75 Å². The molecule has 21 heavy (non-hydrogen) atoms. The van der Waals surface area contributed by atoms with Crippen molar-refractivity contribution >= 4 is 12.4 Å². The lowest BCUT2D eigenvalue weighted by Crippen LogP contribution is -2.07. The second-order valence-electron chi connectivity index (χ2n) is 5.33. The number of rotatable bonds is 3. The summed E-state index contributed by atoms with van der Waals surface area (Å²) in [6.45, 7) is 5.95. The van der Waals surface area contributed by atoms with Crippen molar-refractivity contribution in [3.63, 3.8) is 0 Å². The quantitative estimate of drug-likeness (QED) is 0.917. The standard InChI is InChI=1S/C11H17N.C7H6O.ClH/c1-9(2)11-5-3-10(4-6-11)7-8-12;1-2-4-7-6(3-1)5-8-7;/h3-6,9H,7-8,12H2,1-2H3;1-4H,5H2;1H. The van der Waals surface area contributed by atoms with E-state index in [0.29, 0.717) is 5.92 Å². The smallest absolute Gasteiger partial charge is 0.126 e. The molecule has 3 heteroatoms. The predicted octanol–water partition coefficient (Wildman–Crippen LogP) is 4.31. The molecule has 0 amide bonds. The van der Waals surface area contributed by atoms with E-state index in [0.717, 1.165) is 25.3 Å². The Morgan fingerprint density at radius 1 is 1.05 bits per heavy atom. The van der Waals surface area contributed by atoms with Crippen LogP contribution in [0.2, 0.25) is 0 Å². The topological polar surface area (TPSA) is 35.2 Å². The molecule has 2 aromatic carbocycles.